The molecule has 0 aliphatic rings. The zero-order chi connectivity index (χ0) is 15.1. The summed E-state index contributed by atoms with van der Waals surface area (Å²) in [4.78, 5) is 16.1. The van der Waals surface area contributed by atoms with Crippen LogP contribution in [0.15, 0.2) is 24.3 Å². The second-order valence-corrected chi connectivity index (χ2v) is 5.71. The number of carbonyl (C=O) groups excluding carboxylic acids is 1. The molecule has 0 unspecified atom stereocenters. The average Bonchev–Trinajstić information content (AvgIpc) is 2.38. The molecular formula is C15H23N3OS. The second-order valence-electron chi connectivity index (χ2n) is 5.19. The van der Waals surface area contributed by atoms with Gasteiger partial charge in [-0.15, -0.1) is 0 Å². The molecule has 110 valence electrons. The molecular weight excluding hydrogens is 270 g/mol. The first-order valence-corrected chi connectivity index (χ1v) is 7.05. The number of benzene rings is 1. The van der Waals surface area contributed by atoms with Gasteiger partial charge in [-0.3, -0.25) is 9.69 Å². The maximum atomic E-state index is 12.0. The quantitative estimate of drug-likeness (QED) is 0.775. The summed E-state index contributed by atoms with van der Waals surface area (Å²) in [7, 11) is 3.72. The minimum atomic E-state index is 0.0795. The van der Waals surface area contributed by atoms with E-state index >= 15 is 0 Å². The van der Waals surface area contributed by atoms with E-state index < -0.39 is 0 Å². The molecule has 0 aromatic heterocycles. The SMILES string of the molecule is Cc1ccc(CN(C)CC(=O)N(C)CCC(N)=S)cc1. The summed E-state index contributed by atoms with van der Waals surface area (Å²) in [6.45, 7) is 3.79. The molecule has 0 heterocycles. The highest BCUT2D eigenvalue weighted by Crippen LogP contribution is 2.06. The Labute approximate surface area is 126 Å². The molecule has 4 nitrogen and oxygen atoms in total. The molecule has 1 aromatic rings. The van der Waals surface area contributed by atoms with Gasteiger partial charge in [0.05, 0.1) is 11.5 Å². The molecule has 0 saturated carbocycles. The van der Waals surface area contributed by atoms with E-state index in [2.05, 4.69) is 31.2 Å². The number of carbonyl (C=O) groups is 1. The van der Waals surface area contributed by atoms with Crippen LogP contribution in [-0.2, 0) is 11.3 Å². The van der Waals surface area contributed by atoms with E-state index in [0.717, 1.165) is 6.54 Å². The second kappa shape index (κ2) is 7.97. The molecule has 0 atom stereocenters. The van der Waals surface area contributed by atoms with E-state index in [4.69, 9.17) is 18.0 Å². The van der Waals surface area contributed by atoms with Gasteiger partial charge in [-0.1, -0.05) is 42.0 Å². The lowest BCUT2D eigenvalue weighted by Crippen LogP contribution is -2.37. The molecule has 1 rings (SSSR count). The van der Waals surface area contributed by atoms with E-state index in [1.54, 1.807) is 11.9 Å². The predicted octanol–water partition coefficient (Wildman–Crippen LogP) is 1.56. The fraction of sp³-hybridized carbons (Fsp3) is 0.467. The van der Waals surface area contributed by atoms with Crippen LogP contribution in [0.25, 0.3) is 0 Å². The maximum Gasteiger partial charge on any atom is 0.236 e. The molecule has 0 aliphatic carbocycles. The third-order valence-corrected chi connectivity index (χ3v) is 3.30. The van der Waals surface area contributed by atoms with Crippen molar-refractivity contribution in [2.75, 3.05) is 27.2 Å². The van der Waals surface area contributed by atoms with E-state index in [0.29, 0.717) is 24.5 Å². The molecule has 0 bridgehead atoms. The van der Waals surface area contributed by atoms with Crippen LogP contribution in [0.5, 0.6) is 0 Å². The van der Waals surface area contributed by atoms with Crippen molar-refractivity contribution in [2.24, 2.45) is 5.73 Å². The third-order valence-electron chi connectivity index (χ3n) is 3.10. The standard InChI is InChI=1S/C15H23N3OS/c1-12-4-6-13(7-5-12)10-17(2)11-15(19)18(3)9-8-14(16)20/h4-7H,8-11H2,1-3H3,(H2,16,20). The first-order chi connectivity index (χ1) is 9.38. The number of nitrogens with zero attached hydrogens (tertiary/aromatic N) is 2. The van der Waals surface area contributed by atoms with Gasteiger partial charge in [-0.05, 0) is 19.5 Å². The molecule has 0 aliphatic heterocycles. The number of hydrogen-bond donors (Lipinski definition) is 1. The van der Waals surface area contributed by atoms with Crippen LogP contribution >= 0.6 is 12.2 Å². The number of rotatable bonds is 7. The Balaban J connectivity index is 2.41. The Bertz CT molecular complexity index is 459. The normalized spacial score (nSPS) is 10.6. The summed E-state index contributed by atoms with van der Waals surface area (Å²) >= 11 is 4.81. The Kier molecular flexibility index (Phi) is 6.61. The molecule has 0 fully saturated rings. The maximum absolute atomic E-state index is 12.0. The van der Waals surface area contributed by atoms with Crippen LogP contribution in [0.2, 0.25) is 0 Å². The molecule has 1 amide bonds. The minimum absolute atomic E-state index is 0.0795. The van der Waals surface area contributed by atoms with Crippen LogP contribution in [0, 0.1) is 6.92 Å². The van der Waals surface area contributed by atoms with Gasteiger partial charge in [0.1, 0.15) is 0 Å². The number of hydrogen-bond acceptors (Lipinski definition) is 3. The first-order valence-electron chi connectivity index (χ1n) is 6.65. The van der Waals surface area contributed by atoms with E-state index in [-0.39, 0.29) is 5.91 Å². The topological polar surface area (TPSA) is 49.6 Å². The number of amides is 1. The summed E-state index contributed by atoms with van der Waals surface area (Å²) in [5, 5.41) is 0. The molecule has 20 heavy (non-hydrogen) atoms. The summed E-state index contributed by atoms with van der Waals surface area (Å²) in [5.41, 5.74) is 7.89. The molecule has 0 radical (unpaired) electrons. The summed E-state index contributed by atoms with van der Waals surface area (Å²) in [6.07, 6.45) is 0.569. The van der Waals surface area contributed by atoms with Crippen molar-refractivity contribution < 1.29 is 4.79 Å². The lowest BCUT2D eigenvalue weighted by atomic mass is 10.1. The third kappa shape index (κ3) is 6.12. The lowest BCUT2D eigenvalue weighted by Gasteiger charge is -2.21. The van der Waals surface area contributed by atoms with Gasteiger partial charge in [0.25, 0.3) is 0 Å². The summed E-state index contributed by atoms with van der Waals surface area (Å²) in [6, 6.07) is 8.35. The molecule has 2 N–H and O–H groups in total. The van der Waals surface area contributed by atoms with Crippen LogP contribution < -0.4 is 5.73 Å². The average molecular weight is 293 g/mol. The zero-order valence-corrected chi connectivity index (χ0v) is 13.2. The fourth-order valence-corrected chi connectivity index (χ4v) is 1.91. The first kappa shape index (κ1) is 16.6. The molecule has 0 spiro atoms. The highest BCUT2D eigenvalue weighted by molar-refractivity contribution is 7.80. The zero-order valence-electron chi connectivity index (χ0n) is 12.4. The van der Waals surface area contributed by atoms with Gasteiger partial charge >= 0.3 is 0 Å². The van der Waals surface area contributed by atoms with Gasteiger partial charge in [-0.25, -0.2) is 0 Å². The van der Waals surface area contributed by atoms with Crippen molar-refractivity contribution in [1.29, 1.82) is 0 Å². The lowest BCUT2D eigenvalue weighted by molar-refractivity contribution is -0.130. The van der Waals surface area contributed by atoms with Crippen molar-refractivity contribution in [3.8, 4) is 0 Å². The largest absolute Gasteiger partial charge is 0.393 e. The van der Waals surface area contributed by atoms with Crippen molar-refractivity contribution in [1.82, 2.24) is 9.80 Å². The van der Waals surface area contributed by atoms with E-state index in [9.17, 15) is 4.79 Å². The smallest absolute Gasteiger partial charge is 0.236 e. The summed E-state index contributed by atoms with van der Waals surface area (Å²) in [5.74, 6) is 0.0795. The Hall–Kier alpha value is -1.46. The van der Waals surface area contributed by atoms with Crippen molar-refractivity contribution in [3.05, 3.63) is 35.4 Å². The van der Waals surface area contributed by atoms with E-state index in [1.807, 2.05) is 11.9 Å². The van der Waals surface area contributed by atoms with Crippen molar-refractivity contribution in [2.45, 2.75) is 19.9 Å². The van der Waals surface area contributed by atoms with Gasteiger partial charge in [0.15, 0.2) is 0 Å². The monoisotopic (exact) mass is 293 g/mol. The number of aryl methyl sites for hydroxylation is 1. The van der Waals surface area contributed by atoms with Crippen LogP contribution in [-0.4, -0.2) is 47.9 Å². The van der Waals surface area contributed by atoms with Crippen molar-refractivity contribution >= 4 is 23.1 Å². The van der Waals surface area contributed by atoms with E-state index in [1.165, 1.54) is 11.1 Å². The van der Waals surface area contributed by atoms with Crippen LogP contribution in [0.4, 0.5) is 0 Å². The molecule has 0 saturated heterocycles. The predicted molar refractivity (Wildman–Crippen MR) is 86.6 cm³/mol. The Morgan fingerprint density at radius 2 is 1.85 bits per heavy atom. The van der Waals surface area contributed by atoms with Gasteiger partial charge in [0, 0.05) is 26.6 Å². The van der Waals surface area contributed by atoms with Gasteiger partial charge in [-0.2, -0.15) is 0 Å². The van der Waals surface area contributed by atoms with Crippen molar-refractivity contribution in [3.63, 3.8) is 0 Å². The number of thiocarbonyl (C=S) groups is 1. The number of likely N-dealkylation sites (N-methyl/N-ethyl adjacent to an activating group) is 2. The van der Waals surface area contributed by atoms with Gasteiger partial charge < -0.3 is 10.6 Å². The molecule has 5 heteroatoms. The van der Waals surface area contributed by atoms with Gasteiger partial charge in [0.2, 0.25) is 5.91 Å². The number of nitrogens with two attached hydrogens (primary N) is 1. The highest BCUT2D eigenvalue weighted by atomic mass is 32.1. The van der Waals surface area contributed by atoms with Crippen LogP contribution in [0.1, 0.15) is 17.5 Å². The van der Waals surface area contributed by atoms with Crippen LogP contribution in [0.3, 0.4) is 0 Å². The fourth-order valence-electron chi connectivity index (χ4n) is 1.82. The highest BCUT2D eigenvalue weighted by Gasteiger charge is 2.12. The molecule has 1 aromatic carbocycles. The summed E-state index contributed by atoms with van der Waals surface area (Å²) < 4.78 is 0. The minimum Gasteiger partial charge on any atom is -0.393 e. The Morgan fingerprint density at radius 3 is 2.40 bits per heavy atom. The Morgan fingerprint density at radius 1 is 1.25 bits per heavy atom.